The number of amides is 2. The maximum atomic E-state index is 16.4. The van der Waals surface area contributed by atoms with Crippen LogP contribution in [0.15, 0.2) is 72.8 Å². The highest BCUT2D eigenvalue weighted by molar-refractivity contribution is 7.18. The van der Waals surface area contributed by atoms with Gasteiger partial charge in [-0.2, -0.15) is 5.10 Å². The summed E-state index contributed by atoms with van der Waals surface area (Å²) in [7, 11) is 3.73. The summed E-state index contributed by atoms with van der Waals surface area (Å²) in [6.45, 7) is 8.66. The van der Waals surface area contributed by atoms with Crippen LogP contribution >= 0.6 is 11.3 Å². The average molecular weight is 707 g/mol. The zero-order chi connectivity index (χ0) is 35.7. The minimum absolute atomic E-state index is 0.00543. The molecule has 1 saturated heterocycles. The highest BCUT2D eigenvalue weighted by Gasteiger charge is 2.34. The summed E-state index contributed by atoms with van der Waals surface area (Å²) in [5, 5.41) is 8.84. The van der Waals surface area contributed by atoms with Crippen molar-refractivity contribution in [1.29, 1.82) is 0 Å². The van der Waals surface area contributed by atoms with Crippen molar-refractivity contribution < 1.29 is 23.1 Å². The molecule has 0 radical (unpaired) electrons. The second kappa shape index (κ2) is 12.4. The summed E-state index contributed by atoms with van der Waals surface area (Å²) in [6.07, 6.45) is 3.62. The van der Waals surface area contributed by atoms with Crippen LogP contribution in [0.4, 0.5) is 8.78 Å². The normalized spacial score (nSPS) is 18.9. The molecule has 1 fully saturated rings. The van der Waals surface area contributed by atoms with Gasteiger partial charge in [0.25, 0.3) is 0 Å². The van der Waals surface area contributed by atoms with Gasteiger partial charge in [0, 0.05) is 90.0 Å². The fraction of sp³-hybridized carbons (Fsp3) is 0.282. The molecular formula is C39H36F2N6O3S. The molecule has 2 aliphatic heterocycles. The minimum atomic E-state index is -0.797. The Balaban J connectivity index is 1.36. The molecule has 4 aromatic heterocycles. The third-order valence-corrected chi connectivity index (χ3v) is 11.1. The van der Waals surface area contributed by atoms with E-state index in [-0.39, 0.29) is 47.7 Å². The molecule has 0 saturated carbocycles. The number of carbonyl (C=O) groups is 2. The Labute approximate surface area is 297 Å². The first-order valence-electron chi connectivity index (χ1n) is 16.9. The lowest BCUT2D eigenvalue weighted by Crippen LogP contribution is -2.42. The summed E-state index contributed by atoms with van der Waals surface area (Å²) in [6, 6.07) is 13.7. The monoisotopic (exact) mass is 706 g/mol. The van der Waals surface area contributed by atoms with E-state index in [4.69, 9.17) is 14.8 Å². The van der Waals surface area contributed by atoms with Crippen LogP contribution in [0, 0.1) is 17.6 Å². The molecule has 0 aliphatic carbocycles. The number of nitrogens with zero attached hydrogens (tertiary/aromatic N) is 6. The van der Waals surface area contributed by atoms with Crippen LogP contribution in [0.5, 0.6) is 5.75 Å². The number of aromatic nitrogens is 4. The number of fused-ring (bicyclic) bond motifs is 3. The Hall–Kier alpha value is -5.36. The largest absolute Gasteiger partial charge is 0.492 e. The Morgan fingerprint density at radius 3 is 2.65 bits per heavy atom. The molecule has 0 spiro atoms. The second-order valence-electron chi connectivity index (χ2n) is 13.6. The van der Waals surface area contributed by atoms with E-state index < -0.39 is 11.6 Å². The molecule has 8 rings (SSSR count). The maximum Gasteiger partial charge on any atom is 0.246 e. The van der Waals surface area contributed by atoms with Gasteiger partial charge in [-0.15, -0.1) is 11.3 Å². The lowest BCUT2D eigenvalue weighted by Gasteiger charge is -2.36. The van der Waals surface area contributed by atoms with Crippen LogP contribution in [-0.2, 0) is 16.6 Å². The quantitative estimate of drug-likeness (QED) is 0.159. The van der Waals surface area contributed by atoms with Gasteiger partial charge < -0.3 is 19.1 Å². The standard InChI is InChI=1S/C39H36F2N6O3S/c1-6-33(48)46-18-21(2)47-31(22(46)3)17-29(43-47)38-36(35-28(41)15-26(40)16-32(35)50-20-23-13-34(49)45(5)19-23)39-27(10-12-51-39)37(42-38)25-7-8-30-24(14-25)9-11-44(30)4/h6-12,14-17,21-23H,1,13,18-20H2,2-5H3/t21-,22+,23+/m0/s1. The first kappa shape index (κ1) is 32.8. The second-order valence-corrected chi connectivity index (χ2v) is 14.5. The summed E-state index contributed by atoms with van der Waals surface area (Å²) in [5.74, 6) is -1.84. The number of benzene rings is 2. The van der Waals surface area contributed by atoms with Gasteiger partial charge in [-0.05, 0) is 55.6 Å². The number of hydrogen-bond donors (Lipinski definition) is 0. The topological polar surface area (TPSA) is 85.5 Å². The van der Waals surface area contributed by atoms with E-state index in [1.165, 1.54) is 23.5 Å². The van der Waals surface area contributed by atoms with Crippen molar-refractivity contribution in [2.45, 2.75) is 32.4 Å². The molecule has 0 N–H and O–H groups in total. The Morgan fingerprint density at radius 1 is 1.06 bits per heavy atom. The van der Waals surface area contributed by atoms with Gasteiger partial charge in [0.05, 0.1) is 35.6 Å². The highest BCUT2D eigenvalue weighted by atomic mass is 32.1. The molecule has 3 atom stereocenters. The van der Waals surface area contributed by atoms with Crippen molar-refractivity contribution >= 4 is 44.1 Å². The highest BCUT2D eigenvalue weighted by Crippen LogP contribution is 2.48. The predicted octanol–water partition coefficient (Wildman–Crippen LogP) is 7.77. The number of rotatable bonds is 7. The molecular weight excluding hydrogens is 671 g/mol. The predicted molar refractivity (Wildman–Crippen MR) is 194 cm³/mol. The average Bonchev–Trinajstić information content (AvgIpc) is 3.91. The van der Waals surface area contributed by atoms with E-state index in [0.717, 1.165) is 38.3 Å². The summed E-state index contributed by atoms with van der Waals surface area (Å²) >= 11 is 1.43. The zero-order valence-corrected chi connectivity index (χ0v) is 29.5. The molecule has 0 unspecified atom stereocenters. The van der Waals surface area contributed by atoms with E-state index in [1.54, 1.807) is 16.8 Å². The van der Waals surface area contributed by atoms with E-state index in [2.05, 4.69) is 29.3 Å². The summed E-state index contributed by atoms with van der Waals surface area (Å²) < 4.78 is 42.3. The number of ether oxygens (including phenoxy) is 1. The molecule has 6 aromatic rings. The first-order valence-corrected chi connectivity index (χ1v) is 17.8. The molecule has 2 aliphatic rings. The van der Waals surface area contributed by atoms with Crippen molar-refractivity contribution in [1.82, 2.24) is 29.1 Å². The van der Waals surface area contributed by atoms with Gasteiger partial charge in [0.15, 0.2) is 0 Å². The van der Waals surface area contributed by atoms with E-state index >= 15 is 4.39 Å². The van der Waals surface area contributed by atoms with E-state index in [1.807, 2.05) is 55.4 Å². The van der Waals surface area contributed by atoms with Gasteiger partial charge >= 0.3 is 0 Å². The van der Waals surface area contributed by atoms with Gasteiger partial charge in [-0.3, -0.25) is 14.3 Å². The van der Waals surface area contributed by atoms with Crippen molar-refractivity contribution in [2.75, 3.05) is 26.7 Å². The van der Waals surface area contributed by atoms with Gasteiger partial charge in [0.2, 0.25) is 11.8 Å². The SMILES string of the molecule is C=CC(=O)N1C[C@H](C)n2nc(-c3nc(-c4ccc5c(ccn5C)c4)c4ccsc4c3-c3c(F)cc(F)cc3OC[C@@H]3CC(=O)N(C)C3)cc2[C@H]1C. The number of thiophene rings is 1. The van der Waals surface area contributed by atoms with Crippen molar-refractivity contribution in [2.24, 2.45) is 13.0 Å². The Morgan fingerprint density at radius 2 is 1.88 bits per heavy atom. The van der Waals surface area contributed by atoms with Crippen molar-refractivity contribution in [3.05, 3.63) is 90.1 Å². The molecule has 9 nitrogen and oxygen atoms in total. The lowest BCUT2D eigenvalue weighted by molar-refractivity contribution is -0.129. The zero-order valence-electron chi connectivity index (χ0n) is 28.7. The third-order valence-electron chi connectivity index (χ3n) is 10.2. The van der Waals surface area contributed by atoms with Crippen molar-refractivity contribution in [3.8, 4) is 39.5 Å². The van der Waals surface area contributed by atoms with Gasteiger partial charge in [0.1, 0.15) is 28.8 Å². The summed E-state index contributed by atoms with van der Waals surface area (Å²) in [5.41, 5.74) is 4.86. The van der Waals surface area contributed by atoms with Crippen LogP contribution in [0.3, 0.4) is 0 Å². The fourth-order valence-electron chi connectivity index (χ4n) is 7.54. The number of halogens is 2. The van der Waals surface area contributed by atoms with Gasteiger partial charge in [-0.25, -0.2) is 13.8 Å². The van der Waals surface area contributed by atoms with E-state index in [9.17, 15) is 14.0 Å². The molecule has 12 heteroatoms. The molecule has 2 aromatic carbocycles. The fourth-order valence-corrected chi connectivity index (χ4v) is 8.49. The lowest BCUT2D eigenvalue weighted by atomic mass is 9.96. The number of hydrogen-bond acceptors (Lipinski definition) is 6. The molecule has 260 valence electrons. The number of pyridine rings is 1. The molecule has 2 amide bonds. The molecule has 6 heterocycles. The third kappa shape index (κ3) is 5.49. The van der Waals surface area contributed by atoms with Crippen molar-refractivity contribution in [3.63, 3.8) is 0 Å². The minimum Gasteiger partial charge on any atom is -0.492 e. The van der Waals surface area contributed by atoms with Crippen LogP contribution < -0.4 is 4.74 Å². The van der Waals surface area contributed by atoms with Crippen LogP contribution in [-0.4, -0.2) is 67.7 Å². The van der Waals surface area contributed by atoms with Gasteiger partial charge in [-0.1, -0.05) is 12.6 Å². The van der Waals surface area contributed by atoms with Crippen LogP contribution in [0.25, 0.3) is 54.8 Å². The maximum absolute atomic E-state index is 16.4. The first-order chi connectivity index (χ1) is 24.5. The molecule has 0 bridgehead atoms. The van der Waals surface area contributed by atoms with Crippen LogP contribution in [0.1, 0.15) is 38.0 Å². The Kier molecular flexibility index (Phi) is 8.01. The number of aryl methyl sites for hydroxylation is 1. The number of likely N-dealkylation sites (tertiary alicyclic amines) is 1. The van der Waals surface area contributed by atoms with Crippen LogP contribution in [0.2, 0.25) is 0 Å². The summed E-state index contributed by atoms with van der Waals surface area (Å²) in [4.78, 5) is 33.7. The Bertz CT molecular complexity index is 2400. The number of carbonyl (C=O) groups excluding carboxylic acids is 2. The smallest absolute Gasteiger partial charge is 0.246 e. The molecule has 51 heavy (non-hydrogen) atoms. The van der Waals surface area contributed by atoms with E-state index in [0.29, 0.717) is 42.2 Å².